The average molecular weight is 432 g/mol. The molecule has 2 rings (SSSR count). The van der Waals surface area contributed by atoms with Crippen molar-refractivity contribution in [3.05, 3.63) is 28.8 Å². The van der Waals surface area contributed by atoms with Gasteiger partial charge in [-0.05, 0) is 37.5 Å². The van der Waals surface area contributed by atoms with Crippen LogP contribution in [0.1, 0.15) is 36.5 Å². The van der Waals surface area contributed by atoms with Gasteiger partial charge < -0.3 is 10.1 Å². The van der Waals surface area contributed by atoms with Crippen molar-refractivity contribution in [2.45, 2.75) is 31.1 Å². The van der Waals surface area contributed by atoms with Crippen molar-refractivity contribution in [2.24, 2.45) is 0 Å². The fraction of sp³-hybridized carbons (Fsp3) is 0.471. The molecule has 0 saturated carbocycles. The second kappa shape index (κ2) is 9.85. The number of benzene rings is 1. The number of halogens is 1. The van der Waals surface area contributed by atoms with E-state index in [0.717, 1.165) is 18.9 Å². The maximum Gasteiger partial charge on any atom is 0.338 e. The predicted octanol–water partition coefficient (Wildman–Crippen LogP) is 1.52. The van der Waals surface area contributed by atoms with Crippen LogP contribution < -0.4 is 10.6 Å². The highest BCUT2D eigenvalue weighted by molar-refractivity contribution is 7.89. The number of esters is 1. The molecule has 1 aromatic rings. The van der Waals surface area contributed by atoms with Crippen LogP contribution in [0.25, 0.3) is 0 Å². The molecule has 0 spiro atoms. The summed E-state index contributed by atoms with van der Waals surface area (Å²) in [4.78, 5) is 35.0. The molecule has 154 valence electrons. The summed E-state index contributed by atoms with van der Waals surface area (Å²) in [7, 11) is -3.82. The number of carbonyl (C=O) groups excluding carboxylic acids is 3. The number of sulfonamides is 1. The highest BCUT2D eigenvalue weighted by Gasteiger charge is 2.30. The van der Waals surface area contributed by atoms with Crippen molar-refractivity contribution in [3.8, 4) is 0 Å². The van der Waals surface area contributed by atoms with Gasteiger partial charge in [-0.1, -0.05) is 18.5 Å². The second-order valence-corrected chi connectivity index (χ2v) is 8.45. The van der Waals surface area contributed by atoms with Gasteiger partial charge in [0.2, 0.25) is 10.0 Å². The van der Waals surface area contributed by atoms with Crippen molar-refractivity contribution < 1.29 is 27.5 Å². The summed E-state index contributed by atoms with van der Waals surface area (Å²) in [6.07, 6.45) is 2.23. The zero-order valence-corrected chi connectivity index (χ0v) is 16.9. The lowest BCUT2D eigenvalue weighted by Gasteiger charge is -2.17. The molecule has 0 radical (unpaired) electrons. The number of hydrogen-bond acceptors (Lipinski definition) is 6. The van der Waals surface area contributed by atoms with Crippen molar-refractivity contribution in [1.29, 1.82) is 0 Å². The summed E-state index contributed by atoms with van der Waals surface area (Å²) < 4.78 is 31.5. The molecule has 2 N–H and O–H groups in total. The van der Waals surface area contributed by atoms with E-state index in [4.69, 9.17) is 16.3 Å². The standard InChI is InChI=1S/C17H22ClN3O6S/c1-2-7-19-17(24)20-15(22)11-27-16(23)12-5-6-13(18)14(10-12)28(25,26)21-8-3-4-9-21/h5-6,10H,2-4,7-9,11H2,1H3,(H2,19,20,22,24). The van der Waals surface area contributed by atoms with Crippen LogP contribution >= 0.6 is 11.6 Å². The molecule has 28 heavy (non-hydrogen) atoms. The fourth-order valence-electron chi connectivity index (χ4n) is 2.56. The van der Waals surface area contributed by atoms with E-state index in [0.29, 0.717) is 26.1 Å². The van der Waals surface area contributed by atoms with Crippen molar-refractivity contribution in [1.82, 2.24) is 14.9 Å². The summed E-state index contributed by atoms with van der Waals surface area (Å²) >= 11 is 6.02. The third-order valence-corrected chi connectivity index (χ3v) is 6.35. The van der Waals surface area contributed by atoms with Crippen LogP contribution in [0.5, 0.6) is 0 Å². The Bertz CT molecular complexity index is 852. The Morgan fingerprint density at radius 2 is 1.89 bits per heavy atom. The van der Waals surface area contributed by atoms with Crippen molar-refractivity contribution >= 4 is 39.5 Å². The highest BCUT2D eigenvalue weighted by Crippen LogP contribution is 2.28. The van der Waals surface area contributed by atoms with E-state index < -0.39 is 34.5 Å². The number of hydrogen-bond donors (Lipinski definition) is 2. The molecule has 1 aliphatic rings. The monoisotopic (exact) mass is 431 g/mol. The average Bonchev–Trinajstić information content (AvgIpc) is 3.20. The number of amides is 3. The van der Waals surface area contributed by atoms with E-state index in [1.165, 1.54) is 16.4 Å². The number of imide groups is 1. The third-order valence-electron chi connectivity index (χ3n) is 3.97. The van der Waals surface area contributed by atoms with Gasteiger partial charge in [0, 0.05) is 19.6 Å². The minimum absolute atomic E-state index is 0.00575. The van der Waals surface area contributed by atoms with E-state index in [9.17, 15) is 22.8 Å². The summed E-state index contributed by atoms with van der Waals surface area (Å²) in [6.45, 7) is 2.36. The fourth-order valence-corrected chi connectivity index (χ4v) is 4.57. The third kappa shape index (κ3) is 5.66. The first-order valence-electron chi connectivity index (χ1n) is 8.80. The number of carbonyl (C=O) groups is 3. The lowest BCUT2D eigenvalue weighted by Crippen LogP contribution is -2.41. The topological polar surface area (TPSA) is 122 Å². The largest absolute Gasteiger partial charge is 0.452 e. The van der Waals surface area contributed by atoms with E-state index in [1.807, 2.05) is 12.2 Å². The Morgan fingerprint density at radius 1 is 1.21 bits per heavy atom. The SMILES string of the molecule is CCCNC(=O)NC(=O)COC(=O)c1ccc(Cl)c(S(=O)(=O)N2CCCC2)c1. The van der Waals surface area contributed by atoms with Crippen LogP contribution in [0.15, 0.2) is 23.1 Å². The quantitative estimate of drug-likeness (QED) is 0.631. The predicted molar refractivity (Wildman–Crippen MR) is 102 cm³/mol. The van der Waals surface area contributed by atoms with E-state index in [2.05, 4.69) is 5.32 Å². The molecule has 0 atom stereocenters. The first-order chi connectivity index (χ1) is 13.3. The molecular weight excluding hydrogens is 410 g/mol. The summed E-state index contributed by atoms with van der Waals surface area (Å²) in [5.74, 6) is -1.71. The Hall–Kier alpha value is -2.17. The Morgan fingerprint density at radius 3 is 2.54 bits per heavy atom. The number of urea groups is 1. The summed E-state index contributed by atoms with van der Waals surface area (Å²) in [6, 6.07) is 3.04. The van der Waals surface area contributed by atoms with E-state index >= 15 is 0 Å². The molecule has 3 amide bonds. The second-order valence-electron chi connectivity index (χ2n) is 6.14. The van der Waals surface area contributed by atoms with Crippen LogP contribution in [-0.4, -0.2) is 56.9 Å². The lowest BCUT2D eigenvalue weighted by molar-refractivity contribution is -0.123. The number of nitrogens with one attached hydrogen (secondary N) is 2. The maximum atomic E-state index is 12.7. The number of nitrogens with zero attached hydrogens (tertiary/aromatic N) is 1. The summed E-state index contributed by atoms with van der Waals surface area (Å²) in [5.41, 5.74) is -0.0644. The molecule has 0 bridgehead atoms. The number of ether oxygens (including phenoxy) is 1. The molecule has 0 aromatic heterocycles. The van der Waals surface area contributed by atoms with Crippen molar-refractivity contribution in [3.63, 3.8) is 0 Å². The normalized spacial score (nSPS) is 14.5. The zero-order chi connectivity index (χ0) is 20.7. The molecule has 9 nitrogen and oxygen atoms in total. The van der Waals surface area contributed by atoms with Crippen LogP contribution in [0.4, 0.5) is 4.79 Å². The summed E-state index contributed by atoms with van der Waals surface area (Å²) in [5, 5.41) is 4.45. The zero-order valence-electron chi connectivity index (χ0n) is 15.4. The first kappa shape index (κ1) is 22.1. The van der Waals surface area contributed by atoms with Crippen LogP contribution in [-0.2, 0) is 19.6 Å². The number of rotatable bonds is 7. The van der Waals surface area contributed by atoms with Crippen LogP contribution in [0.3, 0.4) is 0 Å². The van der Waals surface area contributed by atoms with Gasteiger partial charge in [-0.2, -0.15) is 4.31 Å². The van der Waals surface area contributed by atoms with Gasteiger partial charge in [0.05, 0.1) is 10.6 Å². The smallest absolute Gasteiger partial charge is 0.338 e. The van der Waals surface area contributed by atoms with Gasteiger partial charge in [0.1, 0.15) is 4.90 Å². The molecule has 0 unspecified atom stereocenters. The highest BCUT2D eigenvalue weighted by atomic mass is 35.5. The molecule has 1 aliphatic heterocycles. The van der Waals surface area contributed by atoms with Crippen LogP contribution in [0, 0.1) is 0 Å². The Labute approximate surface area is 168 Å². The van der Waals surface area contributed by atoms with Gasteiger partial charge in [0.25, 0.3) is 5.91 Å². The Balaban J connectivity index is 2.02. The molecule has 1 saturated heterocycles. The lowest BCUT2D eigenvalue weighted by atomic mass is 10.2. The van der Waals surface area contributed by atoms with Crippen molar-refractivity contribution in [2.75, 3.05) is 26.2 Å². The first-order valence-corrected chi connectivity index (χ1v) is 10.6. The Kier molecular flexibility index (Phi) is 7.78. The minimum Gasteiger partial charge on any atom is -0.452 e. The molecule has 11 heteroatoms. The van der Waals surface area contributed by atoms with Gasteiger partial charge in [-0.25, -0.2) is 18.0 Å². The molecule has 0 aliphatic carbocycles. The van der Waals surface area contributed by atoms with Crippen LogP contribution in [0.2, 0.25) is 5.02 Å². The molecular formula is C17H22ClN3O6S. The maximum absolute atomic E-state index is 12.7. The van der Waals surface area contributed by atoms with E-state index in [-0.39, 0.29) is 15.5 Å². The van der Waals surface area contributed by atoms with Gasteiger partial charge in [-0.15, -0.1) is 0 Å². The van der Waals surface area contributed by atoms with Gasteiger partial charge >= 0.3 is 12.0 Å². The van der Waals surface area contributed by atoms with Gasteiger partial charge in [-0.3, -0.25) is 10.1 Å². The molecule has 1 aromatic carbocycles. The van der Waals surface area contributed by atoms with E-state index in [1.54, 1.807) is 0 Å². The minimum atomic E-state index is -3.82. The van der Waals surface area contributed by atoms with Gasteiger partial charge in [0.15, 0.2) is 6.61 Å². The molecule has 1 fully saturated rings. The molecule has 1 heterocycles.